The molecular formula is C25H33FN2O3. The van der Waals surface area contributed by atoms with Crippen molar-refractivity contribution in [3.05, 3.63) is 65.0 Å². The molecule has 0 radical (unpaired) electrons. The molecule has 2 aromatic rings. The lowest BCUT2D eigenvalue weighted by Gasteiger charge is -2.31. The van der Waals surface area contributed by atoms with Gasteiger partial charge in [0.1, 0.15) is 17.6 Å². The van der Waals surface area contributed by atoms with Gasteiger partial charge in [-0.3, -0.25) is 9.59 Å². The second kappa shape index (κ2) is 11.5. The van der Waals surface area contributed by atoms with Gasteiger partial charge in [0.25, 0.3) is 5.91 Å². The van der Waals surface area contributed by atoms with Crippen molar-refractivity contribution in [1.82, 2.24) is 10.2 Å². The Morgan fingerprint density at radius 3 is 2.29 bits per heavy atom. The Hall–Kier alpha value is -2.89. The Labute approximate surface area is 184 Å². The molecular weight excluding hydrogens is 395 g/mol. The summed E-state index contributed by atoms with van der Waals surface area (Å²) >= 11 is 0. The molecule has 168 valence electrons. The molecule has 5 nitrogen and oxygen atoms in total. The SMILES string of the molecule is CC[C@H](C(=O)N[C@@H](C)CC)N(Cc1ccc(F)cc1)C(=O)COc1ccc(C)c(C)c1. The zero-order valence-electron chi connectivity index (χ0n) is 19.1. The lowest BCUT2D eigenvalue weighted by atomic mass is 10.1. The van der Waals surface area contributed by atoms with Crippen LogP contribution in [-0.4, -0.2) is 35.4 Å². The van der Waals surface area contributed by atoms with Crippen LogP contribution in [0.15, 0.2) is 42.5 Å². The minimum absolute atomic E-state index is 0.0103. The normalized spacial score (nSPS) is 12.7. The highest BCUT2D eigenvalue weighted by Crippen LogP contribution is 2.18. The van der Waals surface area contributed by atoms with Gasteiger partial charge in [-0.2, -0.15) is 0 Å². The van der Waals surface area contributed by atoms with E-state index in [2.05, 4.69) is 5.32 Å². The summed E-state index contributed by atoms with van der Waals surface area (Å²) in [6.45, 7) is 9.80. The van der Waals surface area contributed by atoms with E-state index in [1.165, 1.54) is 17.0 Å². The first kappa shape index (κ1) is 24.4. The first-order valence-corrected chi connectivity index (χ1v) is 10.8. The van der Waals surface area contributed by atoms with Crippen LogP contribution in [0.5, 0.6) is 5.75 Å². The highest BCUT2D eigenvalue weighted by atomic mass is 19.1. The molecule has 1 N–H and O–H groups in total. The fourth-order valence-corrected chi connectivity index (χ4v) is 3.18. The Bertz CT molecular complexity index is 883. The van der Waals surface area contributed by atoms with Gasteiger partial charge in [0.15, 0.2) is 6.61 Å². The number of aryl methyl sites for hydroxylation is 2. The van der Waals surface area contributed by atoms with Crippen molar-refractivity contribution in [3.63, 3.8) is 0 Å². The van der Waals surface area contributed by atoms with Crippen LogP contribution in [0.2, 0.25) is 0 Å². The molecule has 6 heteroatoms. The molecule has 0 heterocycles. The average molecular weight is 429 g/mol. The van der Waals surface area contributed by atoms with Crippen molar-refractivity contribution in [3.8, 4) is 5.75 Å². The Balaban J connectivity index is 2.21. The van der Waals surface area contributed by atoms with Crippen LogP contribution in [0, 0.1) is 19.7 Å². The van der Waals surface area contributed by atoms with Crippen molar-refractivity contribution < 1.29 is 18.7 Å². The van der Waals surface area contributed by atoms with Crippen molar-refractivity contribution in [2.24, 2.45) is 0 Å². The molecule has 0 fully saturated rings. The van der Waals surface area contributed by atoms with E-state index >= 15 is 0 Å². The van der Waals surface area contributed by atoms with Gasteiger partial charge in [0.2, 0.25) is 5.91 Å². The van der Waals surface area contributed by atoms with Crippen LogP contribution in [0.25, 0.3) is 0 Å². The highest BCUT2D eigenvalue weighted by Gasteiger charge is 2.29. The van der Waals surface area contributed by atoms with Crippen LogP contribution >= 0.6 is 0 Å². The van der Waals surface area contributed by atoms with Gasteiger partial charge in [-0.05, 0) is 74.6 Å². The molecule has 2 amide bonds. The standard InChI is InChI=1S/C25H33FN2O3/c1-6-19(5)27-25(30)23(7-2)28(15-20-9-11-21(26)12-10-20)24(29)16-31-22-13-8-17(3)18(4)14-22/h8-14,19,23H,6-7,15-16H2,1-5H3,(H,27,30)/t19-,23+/m0/s1. The number of ether oxygens (including phenoxy) is 1. The predicted molar refractivity (Wildman–Crippen MR) is 120 cm³/mol. The van der Waals surface area contributed by atoms with Crippen molar-refractivity contribution in [1.29, 1.82) is 0 Å². The Kier molecular flexibility index (Phi) is 9.03. The molecule has 0 unspecified atom stereocenters. The first-order valence-electron chi connectivity index (χ1n) is 10.8. The predicted octanol–water partition coefficient (Wildman–Crippen LogP) is 4.54. The van der Waals surface area contributed by atoms with E-state index in [-0.39, 0.29) is 36.8 Å². The molecule has 0 aromatic heterocycles. The number of hydrogen-bond donors (Lipinski definition) is 1. The minimum atomic E-state index is -0.644. The van der Waals surface area contributed by atoms with Crippen molar-refractivity contribution in [2.75, 3.05) is 6.61 Å². The van der Waals surface area contributed by atoms with E-state index in [4.69, 9.17) is 4.74 Å². The number of nitrogens with one attached hydrogen (secondary N) is 1. The van der Waals surface area contributed by atoms with Gasteiger partial charge in [0, 0.05) is 12.6 Å². The van der Waals surface area contributed by atoms with Gasteiger partial charge < -0.3 is 15.0 Å². The fourth-order valence-electron chi connectivity index (χ4n) is 3.18. The van der Waals surface area contributed by atoms with Gasteiger partial charge >= 0.3 is 0 Å². The van der Waals surface area contributed by atoms with Crippen molar-refractivity contribution in [2.45, 2.75) is 66.1 Å². The topological polar surface area (TPSA) is 58.6 Å². The van der Waals surface area contributed by atoms with Crippen LogP contribution < -0.4 is 10.1 Å². The number of rotatable bonds is 10. The summed E-state index contributed by atoms with van der Waals surface area (Å²) in [6, 6.07) is 11.0. The molecule has 2 aromatic carbocycles. The summed E-state index contributed by atoms with van der Waals surface area (Å²) in [5, 5.41) is 2.96. The lowest BCUT2D eigenvalue weighted by molar-refractivity contribution is -0.143. The first-order chi connectivity index (χ1) is 14.7. The summed E-state index contributed by atoms with van der Waals surface area (Å²) in [7, 11) is 0. The highest BCUT2D eigenvalue weighted by molar-refractivity contribution is 5.88. The largest absolute Gasteiger partial charge is 0.484 e. The molecule has 0 spiro atoms. The van der Waals surface area contributed by atoms with E-state index in [9.17, 15) is 14.0 Å². The number of nitrogens with zero attached hydrogens (tertiary/aromatic N) is 1. The molecule has 0 aliphatic carbocycles. The van der Waals surface area contributed by atoms with E-state index < -0.39 is 6.04 Å². The quantitative estimate of drug-likeness (QED) is 0.604. The van der Waals surface area contributed by atoms with E-state index in [1.807, 2.05) is 52.8 Å². The maximum atomic E-state index is 13.3. The van der Waals surface area contributed by atoms with Gasteiger partial charge in [-0.15, -0.1) is 0 Å². The molecule has 0 saturated heterocycles. The van der Waals surface area contributed by atoms with Crippen LogP contribution in [0.1, 0.15) is 50.3 Å². The third-order valence-electron chi connectivity index (χ3n) is 5.49. The van der Waals surface area contributed by atoms with Gasteiger partial charge in [0.05, 0.1) is 0 Å². The van der Waals surface area contributed by atoms with Crippen LogP contribution in [0.3, 0.4) is 0 Å². The molecule has 0 bridgehead atoms. The molecule has 0 aliphatic heterocycles. The van der Waals surface area contributed by atoms with Gasteiger partial charge in [-0.1, -0.05) is 32.0 Å². The Morgan fingerprint density at radius 1 is 1.03 bits per heavy atom. The summed E-state index contributed by atoms with van der Waals surface area (Å²) in [5.74, 6) is -0.233. The number of amides is 2. The number of hydrogen-bond acceptors (Lipinski definition) is 3. The third-order valence-corrected chi connectivity index (χ3v) is 5.49. The second-order valence-electron chi connectivity index (χ2n) is 7.92. The molecule has 2 atom stereocenters. The van der Waals surface area contributed by atoms with Crippen molar-refractivity contribution >= 4 is 11.8 Å². The zero-order valence-corrected chi connectivity index (χ0v) is 19.1. The second-order valence-corrected chi connectivity index (χ2v) is 7.92. The van der Waals surface area contributed by atoms with E-state index in [0.29, 0.717) is 12.2 Å². The minimum Gasteiger partial charge on any atom is -0.484 e. The summed E-state index contributed by atoms with van der Waals surface area (Å²) < 4.78 is 19.1. The number of halogens is 1. The number of carbonyl (C=O) groups is 2. The van der Waals surface area contributed by atoms with E-state index in [1.54, 1.807) is 12.1 Å². The Morgan fingerprint density at radius 2 is 1.71 bits per heavy atom. The smallest absolute Gasteiger partial charge is 0.261 e. The lowest BCUT2D eigenvalue weighted by Crippen LogP contribution is -2.51. The number of benzene rings is 2. The zero-order chi connectivity index (χ0) is 23.0. The third kappa shape index (κ3) is 7.09. The summed E-state index contributed by atoms with van der Waals surface area (Å²) in [4.78, 5) is 27.6. The van der Waals surface area contributed by atoms with Crippen LogP contribution in [-0.2, 0) is 16.1 Å². The average Bonchev–Trinajstić information content (AvgIpc) is 2.75. The molecule has 31 heavy (non-hydrogen) atoms. The molecule has 0 aliphatic rings. The molecule has 0 saturated carbocycles. The van der Waals surface area contributed by atoms with Crippen LogP contribution in [0.4, 0.5) is 4.39 Å². The number of carbonyl (C=O) groups excluding carboxylic acids is 2. The summed E-state index contributed by atoms with van der Waals surface area (Å²) in [5.41, 5.74) is 2.97. The summed E-state index contributed by atoms with van der Waals surface area (Å²) in [6.07, 6.45) is 1.25. The molecule has 2 rings (SSSR count). The van der Waals surface area contributed by atoms with Gasteiger partial charge in [-0.25, -0.2) is 4.39 Å². The maximum Gasteiger partial charge on any atom is 0.261 e. The fraction of sp³-hybridized carbons (Fsp3) is 0.440. The monoisotopic (exact) mass is 428 g/mol. The van der Waals surface area contributed by atoms with E-state index in [0.717, 1.165) is 23.1 Å². The maximum absolute atomic E-state index is 13.3.